The lowest BCUT2D eigenvalue weighted by molar-refractivity contribution is 0.591. The molecular formula is C3H8O4S2. The Balaban J connectivity index is 4.43. The third kappa shape index (κ3) is 2.81. The van der Waals surface area contributed by atoms with Gasteiger partial charge in [0.05, 0.1) is 5.75 Å². The first kappa shape index (κ1) is 8.90. The molecule has 0 aliphatic rings. The molecule has 0 radical (unpaired) electrons. The predicted octanol–water partition coefficient (Wildman–Crippen LogP) is -0.662. The molecule has 6 heteroatoms. The Morgan fingerprint density at radius 1 is 1.33 bits per heavy atom. The molecule has 0 N–H and O–H groups in total. The Kier molecular flexibility index (Phi) is 3.13. The van der Waals surface area contributed by atoms with Gasteiger partial charge in [0.15, 0.2) is 0 Å². The van der Waals surface area contributed by atoms with Crippen LogP contribution in [0.5, 0.6) is 0 Å². The number of rotatable bonds is 3. The fourth-order valence-corrected chi connectivity index (χ4v) is 1.99. The lowest BCUT2D eigenvalue weighted by Gasteiger charge is -1.87. The minimum Gasteiger partial charge on any atom is -0.216 e. The maximum absolute atomic E-state index is 10.3. The van der Waals surface area contributed by atoms with E-state index in [1.54, 1.807) is 6.92 Å². The molecule has 0 rings (SSSR count). The summed E-state index contributed by atoms with van der Waals surface area (Å²) in [6.45, 7) is 1.61. The monoisotopic (exact) mass is 172 g/mol. The van der Waals surface area contributed by atoms with E-state index in [1.165, 1.54) is 0 Å². The van der Waals surface area contributed by atoms with Gasteiger partial charge in [-0.25, -0.2) is 16.8 Å². The van der Waals surface area contributed by atoms with Crippen molar-refractivity contribution in [3.8, 4) is 0 Å². The zero-order chi connectivity index (χ0) is 7.49. The second-order valence-corrected chi connectivity index (χ2v) is 6.09. The minimum absolute atomic E-state index is 0.272. The van der Waals surface area contributed by atoms with Crippen LogP contribution in [-0.2, 0) is 18.6 Å². The second-order valence-electron chi connectivity index (χ2n) is 1.51. The first-order valence-electron chi connectivity index (χ1n) is 2.38. The summed E-state index contributed by atoms with van der Waals surface area (Å²) in [5.74, 6) is -0.272. The third-order valence-corrected chi connectivity index (χ3v) is 3.98. The van der Waals surface area contributed by atoms with E-state index in [0.29, 0.717) is 6.42 Å². The van der Waals surface area contributed by atoms with Gasteiger partial charge in [0.1, 0.15) is 0 Å². The predicted molar refractivity (Wildman–Crippen MR) is 34.4 cm³/mol. The van der Waals surface area contributed by atoms with E-state index < -0.39 is 18.6 Å². The third-order valence-electron chi connectivity index (χ3n) is 0.689. The Labute approximate surface area is 55.2 Å². The molecular weight excluding hydrogens is 164 g/mol. The van der Waals surface area contributed by atoms with Gasteiger partial charge in [-0.15, -0.1) is 0 Å². The van der Waals surface area contributed by atoms with Crippen LogP contribution in [0.15, 0.2) is 0 Å². The molecule has 0 aromatic carbocycles. The average Bonchev–Trinajstić information content (AvgIpc) is 1.65. The van der Waals surface area contributed by atoms with Crippen LogP contribution in [0.1, 0.15) is 13.3 Å². The number of hydrogen-bond acceptors (Lipinski definition) is 4. The molecule has 0 aliphatic carbocycles. The van der Waals surface area contributed by atoms with E-state index in [2.05, 4.69) is 0 Å². The maximum Gasteiger partial charge on any atom is 0.251 e. The Morgan fingerprint density at radius 3 is 1.89 bits per heavy atom. The van der Waals surface area contributed by atoms with Crippen molar-refractivity contribution < 1.29 is 16.8 Å². The highest BCUT2D eigenvalue weighted by molar-refractivity contribution is 8.59. The summed E-state index contributed by atoms with van der Waals surface area (Å²) in [4.78, 5) is 0. The van der Waals surface area contributed by atoms with Gasteiger partial charge in [-0.2, -0.15) is 0 Å². The minimum atomic E-state index is -3.79. The average molecular weight is 172 g/mol. The number of hydrogen-bond donors (Lipinski definition) is 1. The highest BCUT2D eigenvalue weighted by atomic mass is 33.1. The van der Waals surface area contributed by atoms with E-state index in [9.17, 15) is 16.8 Å². The van der Waals surface area contributed by atoms with Crippen LogP contribution in [0.2, 0.25) is 0 Å². The van der Waals surface area contributed by atoms with Crippen molar-refractivity contribution in [3.05, 3.63) is 0 Å². The van der Waals surface area contributed by atoms with Gasteiger partial charge in [-0.05, 0) is 6.42 Å². The zero-order valence-electron chi connectivity index (χ0n) is 4.90. The van der Waals surface area contributed by atoms with Crippen LogP contribution in [0.4, 0.5) is 0 Å². The first-order valence-corrected chi connectivity index (χ1v) is 5.81. The Morgan fingerprint density at radius 2 is 1.78 bits per heavy atom. The molecule has 0 aliphatic heterocycles. The van der Waals surface area contributed by atoms with Gasteiger partial charge < -0.3 is 0 Å². The van der Waals surface area contributed by atoms with Crippen LogP contribution in [-0.4, -0.2) is 22.6 Å². The van der Waals surface area contributed by atoms with Gasteiger partial charge in [0.25, 0.3) is 8.87 Å². The quantitative estimate of drug-likeness (QED) is 0.453. The molecule has 0 spiro atoms. The molecule has 0 fully saturated rings. The highest BCUT2D eigenvalue weighted by Crippen LogP contribution is 1.91. The zero-order valence-corrected chi connectivity index (χ0v) is 6.61. The highest BCUT2D eigenvalue weighted by Gasteiger charge is 2.10. The van der Waals surface area contributed by atoms with Crippen molar-refractivity contribution in [2.45, 2.75) is 13.3 Å². The van der Waals surface area contributed by atoms with Gasteiger partial charge >= 0.3 is 0 Å². The molecule has 0 saturated carbocycles. The Bertz CT molecular complexity index is 227. The summed E-state index contributed by atoms with van der Waals surface area (Å²) in [5.41, 5.74) is 0. The summed E-state index contributed by atoms with van der Waals surface area (Å²) >= 11 is 0. The van der Waals surface area contributed by atoms with Crippen molar-refractivity contribution in [1.29, 1.82) is 0 Å². The van der Waals surface area contributed by atoms with Crippen LogP contribution in [0.25, 0.3) is 0 Å². The van der Waals surface area contributed by atoms with Crippen molar-refractivity contribution in [2.24, 2.45) is 0 Å². The van der Waals surface area contributed by atoms with E-state index >= 15 is 0 Å². The summed E-state index contributed by atoms with van der Waals surface area (Å²) < 4.78 is 40.4. The molecule has 0 amide bonds. The van der Waals surface area contributed by atoms with Crippen molar-refractivity contribution in [3.63, 3.8) is 0 Å². The Hall–Kier alpha value is -0.100. The molecule has 0 heterocycles. The largest absolute Gasteiger partial charge is 0.251 e. The normalized spacial score (nSPS) is 12.2. The van der Waals surface area contributed by atoms with Crippen molar-refractivity contribution >= 4 is 18.6 Å². The molecule has 56 valence electrons. The topological polar surface area (TPSA) is 68.3 Å². The van der Waals surface area contributed by atoms with Crippen LogP contribution < -0.4 is 0 Å². The summed E-state index contributed by atoms with van der Waals surface area (Å²) in [7, 11) is -7.07. The standard InChI is InChI=1S/C3H8O4S2/c1-2-3-9(6,7)8(4)5/h8H,2-3H2,1H3. The molecule has 0 atom stereocenters. The lowest BCUT2D eigenvalue weighted by atomic mass is 10.6. The van der Waals surface area contributed by atoms with E-state index in [1.807, 2.05) is 0 Å². The van der Waals surface area contributed by atoms with E-state index in [-0.39, 0.29) is 5.75 Å². The van der Waals surface area contributed by atoms with Crippen molar-refractivity contribution in [2.75, 3.05) is 5.75 Å². The fourth-order valence-electron chi connectivity index (χ4n) is 0.332. The van der Waals surface area contributed by atoms with Crippen LogP contribution in [0.3, 0.4) is 0 Å². The molecule has 0 saturated heterocycles. The maximum atomic E-state index is 10.3. The van der Waals surface area contributed by atoms with Gasteiger partial charge in [-0.3, -0.25) is 0 Å². The molecule has 0 bridgehead atoms. The molecule has 0 aromatic heterocycles. The SMILES string of the molecule is CCCS(=O)(=O)[SH](=O)=O. The van der Waals surface area contributed by atoms with E-state index in [4.69, 9.17) is 0 Å². The summed E-state index contributed by atoms with van der Waals surface area (Å²) in [6, 6.07) is 0. The van der Waals surface area contributed by atoms with Crippen LogP contribution in [0, 0.1) is 0 Å². The fraction of sp³-hybridized carbons (Fsp3) is 1.00. The van der Waals surface area contributed by atoms with Crippen LogP contribution >= 0.6 is 0 Å². The van der Waals surface area contributed by atoms with Crippen molar-refractivity contribution in [1.82, 2.24) is 0 Å². The van der Waals surface area contributed by atoms with Gasteiger partial charge in [-0.1, -0.05) is 6.92 Å². The molecule has 0 unspecified atom stereocenters. The first-order chi connectivity index (χ1) is 4.00. The molecule has 4 nitrogen and oxygen atoms in total. The smallest absolute Gasteiger partial charge is 0.216 e. The molecule has 9 heavy (non-hydrogen) atoms. The summed E-state index contributed by atoms with van der Waals surface area (Å²) in [5, 5.41) is 0. The van der Waals surface area contributed by atoms with Gasteiger partial charge in [0.2, 0.25) is 9.74 Å². The van der Waals surface area contributed by atoms with E-state index in [0.717, 1.165) is 0 Å². The summed E-state index contributed by atoms with van der Waals surface area (Å²) in [6.07, 6.45) is 0.339. The second kappa shape index (κ2) is 3.17. The number of thiol groups is 1. The molecule has 0 aromatic rings. The lowest BCUT2D eigenvalue weighted by Crippen LogP contribution is -2.05. The van der Waals surface area contributed by atoms with Gasteiger partial charge in [0, 0.05) is 0 Å².